The molecule has 1 aliphatic heterocycles. The van der Waals surface area contributed by atoms with Gasteiger partial charge in [-0.15, -0.1) is 0 Å². The van der Waals surface area contributed by atoms with Crippen LogP contribution in [-0.4, -0.2) is 38.9 Å². The third kappa shape index (κ3) is 4.33. The van der Waals surface area contributed by atoms with Gasteiger partial charge < -0.3 is 10.2 Å². The Morgan fingerprint density at radius 1 is 1.25 bits per heavy atom. The molecule has 1 aliphatic rings. The van der Waals surface area contributed by atoms with Crippen LogP contribution in [0.25, 0.3) is 0 Å². The van der Waals surface area contributed by atoms with Crippen molar-refractivity contribution in [3.05, 3.63) is 23.8 Å². The van der Waals surface area contributed by atoms with E-state index in [0.29, 0.717) is 13.0 Å². The van der Waals surface area contributed by atoms with Gasteiger partial charge in [0.2, 0.25) is 21.8 Å². The molecule has 0 aliphatic carbocycles. The highest BCUT2D eigenvalue weighted by Gasteiger charge is 2.25. The van der Waals surface area contributed by atoms with Gasteiger partial charge in [-0.05, 0) is 51.0 Å². The highest BCUT2D eigenvalue weighted by molar-refractivity contribution is 7.89. The number of amides is 2. The van der Waals surface area contributed by atoms with E-state index in [-0.39, 0.29) is 17.3 Å². The van der Waals surface area contributed by atoms with Gasteiger partial charge in [0.1, 0.15) is 0 Å². The van der Waals surface area contributed by atoms with Crippen molar-refractivity contribution in [3.8, 4) is 0 Å². The first-order valence-electron chi connectivity index (χ1n) is 7.71. The quantitative estimate of drug-likeness (QED) is 0.836. The molecule has 132 valence electrons. The molecule has 1 heterocycles. The monoisotopic (exact) mass is 353 g/mol. The molecular weight excluding hydrogens is 330 g/mol. The van der Waals surface area contributed by atoms with Crippen molar-refractivity contribution in [1.29, 1.82) is 0 Å². The lowest BCUT2D eigenvalue weighted by atomic mass is 10.1. The van der Waals surface area contributed by atoms with Gasteiger partial charge in [-0.3, -0.25) is 9.59 Å². The number of hydrogen-bond donors (Lipinski definition) is 2. The fraction of sp³-hybridized carbons (Fsp3) is 0.500. The Hall–Kier alpha value is -1.93. The summed E-state index contributed by atoms with van der Waals surface area (Å²) < 4.78 is 27.0. The number of nitrogens with zero attached hydrogens (tertiary/aromatic N) is 1. The van der Waals surface area contributed by atoms with Crippen molar-refractivity contribution in [2.45, 2.75) is 44.6 Å². The normalized spacial score (nSPS) is 14.4. The number of carbonyl (C=O) groups is 2. The minimum atomic E-state index is -3.78. The van der Waals surface area contributed by atoms with E-state index in [4.69, 9.17) is 0 Å². The zero-order chi connectivity index (χ0) is 18.1. The molecule has 1 aromatic carbocycles. The smallest absolute Gasteiger partial charge is 0.241 e. The number of nitrogens with one attached hydrogen (secondary N) is 2. The van der Waals surface area contributed by atoms with Crippen LogP contribution in [0.3, 0.4) is 0 Å². The zero-order valence-electron chi connectivity index (χ0n) is 14.3. The molecule has 0 bridgehead atoms. The fourth-order valence-electron chi connectivity index (χ4n) is 2.58. The number of fused-ring (bicyclic) bond motifs is 1. The summed E-state index contributed by atoms with van der Waals surface area (Å²) in [5, 5.41) is 2.69. The maximum atomic E-state index is 12.3. The molecule has 2 N–H and O–H groups in total. The summed E-state index contributed by atoms with van der Waals surface area (Å²) in [6.07, 6.45) is 0.614. The largest absolute Gasteiger partial charge is 0.350 e. The minimum Gasteiger partial charge on any atom is -0.350 e. The van der Waals surface area contributed by atoms with Crippen LogP contribution < -0.4 is 14.9 Å². The summed E-state index contributed by atoms with van der Waals surface area (Å²) in [5.74, 6) is -0.462. The minimum absolute atomic E-state index is 0.0682. The Balaban J connectivity index is 2.11. The Morgan fingerprint density at radius 2 is 1.92 bits per heavy atom. The lowest BCUT2D eigenvalue weighted by Crippen LogP contribution is -2.45. The maximum absolute atomic E-state index is 12.3. The Morgan fingerprint density at radius 3 is 2.50 bits per heavy atom. The molecule has 24 heavy (non-hydrogen) atoms. The van der Waals surface area contributed by atoms with Crippen LogP contribution >= 0.6 is 0 Å². The van der Waals surface area contributed by atoms with Crippen LogP contribution in [0.2, 0.25) is 0 Å². The SMILES string of the molecule is CC(=O)N1CCc2cc(S(=O)(=O)NCC(=O)NC(C)(C)C)ccc21. The van der Waals surface area contributed by atoms with Gasteiger partial charge in [-0.2, -0.15) is 0 Å². The maximum Gasteiger partial charge on any atom is 0.241 e. The van der Waals surface area contributed by atoms with E-state index in [2.05, 4.69) is 10.0 Å². The average Bonchev–Trinajstić information content (AvgIpc) is 2.86. The number of anilines is 1. The van der Waals surface area contributed by atoms with Crippen molar-refractivity contribution in [2.24, 2.45) is 0 Å². The Labute approximate surface area is 142 Å². The molecule has 0 atom stereocenters. The molecule has 0 saturated heterocycles. The number of hydrogen-bond acceptors (Lipinski definition) is 4. The van der Waals surface area contributed by atoms with Crippen LogP contribution in [0.15, 0.2) is 23.1 Å². The van der Waals surface area contributed by atoms with E-state index in [9.17, 15) is 18.0 Å². The van der Waals surface area contributed by atoms with Crippen LogP contribution in [0.5, 0.6) is 0 Å². The fourth-order valence-corrected chi connectivity index (χ4v) is 3.61. The summed E-state index contributed by atoms with van der Waals surface area (Å²) in [4.78, 5) is 25.0. The summed E-state index contributed by atoms with van der Waals surface area (Å²) in [7, 11) is -3.78. The van der Waals surface area contributed by atoms with Crippen LogP contribution in [-0.2, 0) is 26.0 Å². The van der Waals surface area contributed by atoms with Crippen molar-refractivity contribution in [1.82, 2.24) is 10.0 Å². The van der Waals surface area contributed by atoms with Gasteiger partial charge in [0.05, 0.1) is 11.4 Å². The predicted octanol–water partition coefficient (Wildman–Crippen LogP) is 0.789. The first-order valence-corrected chi connectivity index (χ1v) is 9.20. The molecule has 2 rings (SSSR count). The van der Waals surface area contributed by atoms with E-state index in [1.807, 2.05) is 20.8 Å². The van der Waals surface area contributed by atoms with Gasteiger partial charge in [-0.25, -0.2) is 13.1 Å². The molecule has 0 spiro atoms. The molecule has 7 nitrogen and oxygen atoms in total. The summed E-state index contributed by atoms with van der Waals surface area (Å²) in [6.45, 7) is 7.17. The highest BCUT2D eigenvalue weighted by Crippen LogP contribution is 2.30. The van der Waals surface area contributed by atoms with Crippen molar-refractivity contribution < 1.29 is 18.0 Å². The summed E-state index contributed by atoms with van der Waals surface area (Å²) in [5.41, 5.74) is 1.13. The van der Waals surface area contributed by atoms with Crippen LogP contribution in [0.1, 0.15) is 33.3 Å². The predicted molar refractivity (Wildman–Crippen MR) is 91.3 cm³/mol. The standard InChI is InChI=1S/C16H23N3O4S/c1-11(20)19-8-7-12-9-13(5-6-14(12)19)24(22,23)17-10-15(21)18-16(2,3)4/h5-6,9,17H,7-8,10H2,1-4H3,(H,18,21). The topological polar surface area (TPSA) is 95.6 Å². The third-order valence-electron chi connectivity index (χ3n) is 3.57. The van der Waals surface area contributed by atoms with Crippen molar-refractivity contribution >= 4 is 27.5 Å². The Kier molecular flexibility index (Phi) is 5.00. The molecular formula is C16H23N3O4S. The number of rotatable bonds is 4. The van der Waals surface area contributed by atoms with Crippen LogP contribution in [0.4, 0.5) is 5.69 Å². The van der Waals surface area contributed by atoms with Crippen molar-refractivity contribution in [3.63, 3.8) is 0 Å². The highest BCUT2D eigenvalue weighted by atomic mass is 32.2. The second kappa shape index (κ2) is 6.52. The zero-order valence-corrected chi connectivity index (χ0v) is 15.2. The van der Waals surface area contributed by atoms with E-state index >= 15 is 0 Å². The molecule has 0 aromatic heterocycles. The lowest BCUT2D eigenvalue weighted by Gasteiger charge is -2.20. The van der Waals surface area contributed by atoms with E-state index in [0.717, 1.165) is 11.3 Å². The molecule has 8 heteroatoms. The first-order chi connectivity index (χ1) is 11.0. The van der Waals surface area contributed by atoms with Gasteiger partial charge in [-0.1, -0.05) is 0 Å². The lowest BCUT2D eigenvalue weighted by molar-refractivity contribution is -0.121. The summed E-state index contributed by atoms with van der Waals surface area (Å²) in [6, 6.07) is 4.64. The molecule has 0 unspecified atom stereocenters. The van der Waals surface area contributed by atoms with Crippen LogP contribution in [0, 0.1) is 0 Å². The molecule has 1 aromatic rings. The van der Waals surface area contributed by atoms with E-state index in [1.165, 1.54) is 13.0 Å². The van der Waals surface area contributed by atoms with Gasteiger partial charge in [0, 0.05) is 24.7 Å². The van der Waals surface area contributed by atoms with Gasteiger partial charge in [0.15, 0.2) is 0 Å². The van der Waals surface area contributed by atoms with Gasteiger partial charge >= 0.3 is 0 Å². The Bertz CT molecular complexity index is 766. The molecule has 0 fully saturated rings. The molecule has 0 saturated carbocycles. The second-order valence-electron chi connectivity index (χ2n) is 6.83. The van der Waals surface area contributed by atoms with E-state index < -0.39 is 21.5 Å². The number of carbonyl (C=O) groups excluding carboxylic acids is 2. The molecule has 2 amide bonds. The molecule has 0 radical (unpaired) electrons. The number of sulfonamides is 1. The average molecular weight is 353 g/mol. The summed E-state index contributed by atoms with van der Waals surface area (Å²) >= 11 is 0. The number of benzene rings is 1. The van der Waals surface area contributed by atoms with Crippen molar-refractivity contribution in [2.75, 3.05) is 18.0 Å². The first kappa shape index (κ1) is 18.4. The van der Waals surface area contributed by atoms with Gasteiger partial charge in [0.25, 0.3) is 0 Å². The third-order valence-corrected chi connectivity index (χ3v) is 4.97. The van der Waals surface area contributed by atoms with E-state index in [1.54, 1.807) is 17.0 Å². The second-order valence-corrected chi connectivity index (χ2v) is 8.60.